The summed E-state index contributed by atoms with van der Waals surface area (Å²) in [7, 11) is 0. The maximum atomic E-state index is 3.09. The molecular formula is C12H11Y-. The van der Waals surface area contributed by atoms with Gasteiger partial charge in [-0.05, 0) is 13.3 Å². The van der Waals surface area contributed by atoms with Crippen LogP contribution in [0.15, 0.2) is 35.9 Å². The third-order valence-corrected chi connectivity index (χ3v) is 2.12. The molecule has 13 heavy (non-hydrogen) atoms. The Balaban J connectivity index is 0.000000845. The van der Waals surface area contributed by atoms with Gasteiger partial charge in [-0.15, -0.1) is 17.2 Å². The van der Waals surface area contributed by atoms with E-state index in [1.807, 2.05) is 12.1 Å². The van der Waals surface area contributed by atoms with Crippen LogP contribution in [0.25, 0.3) is 6.08 Å². The summed E-state index contributed by atoms with van der Waals surface area (Å²) >= 11 is 0. The summed E-state index contributed by atoms with van der Waals surface area (Å²) in [6, 6.07) is 9.25. The average molecular weight is 244 g/mol. The average Bonchev–Trinajstić information content (AvgIpc) is 2.25. The van der Waals surface area contributed by atoms with Crippen molar-refractivity contribution >= 4 is 6.08 Å². The van der Waals surface area contributed by atoms with Crippen molar-refractivity contribution in [2.45, 2.75) is 13.3 Å². The molecule has 1 aromatic carbocycles. The Labute approximate surface area is 105 Å². The molecule has 0 saturated heterocycles. The Morgan fingerprint density at radius 1 is 1.38 bits per heavy atom. The fourth-order valence-electron chi connectivity index (χ4n) is 1.47. The number of benzene rings is 1. The molecule has 0 nitrogen and oxygen atoms in total. The minimum Gasteiger partial charge on any atom is -0.183 e. The Hall–Kier alpha value is -0.196. The van der Waals surface area contributed by atoms with Crippen LogP contribution in [0.1, 0.15) is 18.1 Å². The van der Waals surface area contributed by atoms with Gasteiger partial charge in [-0.25, -0.2) is 0 Å². The van der Waals surface area contributed by atoms with Crippen LogP contribution in [0.4, 0.5) is 0 Å². The number of fused-ring (bicyclic) bond motifs is 1. The largest absolute Gasteiger partial charge is 0.183 e. The van der Waals surface area contributed by atoms with Crippen molar-refractivity contribution in [3.63, 3.8) is 0 Å². The predicted octanol–water partition coefficient (Wildman–Crippen LogP) is 3.00. The van der Waals surface area contributed by atoms with E-state index in [1.54, 1.807) is 0 Å². The van der Waals surface area contributed by atoms with Crippen LogP contribution in [0, 0.1) is 6.07 Å². The minimum absolute atomic E-state index is 0. The van der Waals surface area contributed by atoms with E-state index in [2.05, 4.69) is 37.3 Å². The quantitative estimate of drug-likeness (QED) is 0.615. The fraction of sp³-hybridized carbons (Fsp3) is 0.167. The second-order valence-corrected chi connectivity index (χ2v) is 3.17. The first-order valence-electron chi connectivity index (χ1n) is 4.19. The Kier molecular flexibility index (Phi) is 4.08. The predicted molar refractivity (Wildman–Crippen MR) is 51.8 cm³/mol. The first kappa shape index (κ1) is 10.9. The van der Waals surface area contributed by atoms with Crippen LogP contribution in [-0.4, -0.2) is 0 Å². The van der Waals surface area contributed by atoms with Crippen molar-refractivity contribution in [3.8, 4) is 0 Å². The molecule has 1 aromatic rings. The van der Waals surface area contributed by atoms with Gasteiger partial charge in [-0.2, -0.15) is 24.3 Å². The van der Waals surface area contributed by atoms with Gasteiger partial charge >= 0.3 is 0 Å². The number of hydrogen-bond acceptors (Lipinski definition) is 0. The Morgan fingerprint density at radius 2 is 2.23 bits per heavy atom. The maximum absolute atomic E-state index is 3.09. The summed E-state index contributed by atoms with van der Waals surface area (Å²) in [6.07, 6.45) is 7.48. The first-order valence-corrected chi connectivity index (χ1v) is 4.19. The van der Waals surface area contributed by atoms with E-state index in [0.29, 0.717) is 0 Å². The van der Waals surface area contributed by atoms with Gasteiger partial charge in [0.1, 0.15) is 0 Å². The molecule has 0 fully saturated rings. The van der Waals surface area contributed by atoms with E-state index in [0.717, 1.165) is 6.42 Å². The van der Waals surface area contributed by atoms with Gasteiger partial charge in [0.15, 0.2) is 0 Å². The zero-order chi connectivity index (χ0) is 8.39. The van der Waals surface area contributed by atoms with Crippen LogP contribution in [0.3, 0.4) is 0 Å². The van der Waals surface area contributed by atoms with Crippen molar-refractivity contribution < 1.29 is 32.7 Å². The molecule has 2 rings (SSSR count). The number of rotatable bonds is 0. The number of hydrogen-bond donors (Lipinski definition) is 0. The van der Waals surface area contributed by atoms with Crippen LogP contribution in [0.5, 0.6) is 0 Å². The molecule has 0 aliphatic heterocycles. The molecule has 0 N–H and O–H groups in total. The molecule has 0 atom stereocenters. The summed E-state index contributed by atoms with van der Waals surface area (Å²) in [5.41, 5.74) is 4.11. The molecule has 1 heteroatoms. The van der Waals surface area contributed by atoms with Gasteiger partial charge < -0.3 is 0 Å². The SMILES string of the molecule is CC1=CC=Cc2c[c-]ccc2C1.[Y]. The first-order chi connectivity index (χ1) is 5.86. The van der Waals surface area contributed by atoms with E-state index in [9.17, 15) is 0 Å². The zero-order valence-corrected chi connectivity index (χ0v) is 10.6. The molecule has 0 spiro atoms. The normalized spacial score (nSPS) is 13.8. The van der Waals surface area contributed by atoms with Crippen molar-refractivity contribution in [2.24, 2.45) is 0 Å². The van der Waals surface area contributed by atoms with Gasteiger partial charge in [0.2, 0.25) is 0 Å². The Morgan fingerprint density at radius 3 is 3.08 bits per heavy atom. The third-order valence-electron chi connectivity index (χ3n) is 2.12. The van der Waals surface area contributed by atoms with Crippen molar-refractivity contribution in [2.75, 3.05) is 0 Å². The topological polar surface area (TPSA) is 0 Å². The van der Waals surface area contributed by atoms with Gasteiger partial charge in [0, 0.05) is 32.7 Å². The van der Waals surface area contributed by atoms with E-state index in [1.165, 1.54) is 16.7 Å². The zero-order valence-electron chi connectivity index (χ0n) is 7.75. The fourth-order valence-corrected chi connectivity index (χ4v) is 1.47. The second kappa shape index (κ2) is 4.88. The molecule has 0 saturated carbocycles. The molecular weight excluding hydrogens is 233 g/mol. The maximum Gasteiger partial charge on any atom is 0 e. The third kappa shape index (κ3) is 2.62. The van der Waals surface area contributed by atoms with Crippen molar-refractivity contribution in [1.29, 1.82) is 0 Å². The van der Waals surface area contributed by atoms with Crippen molar-refractivity contribution in [3.05, 3.63) is 53.1 Å². The minimum atomic E-state index is 0. The van der Waals surface area contributed by atoms with Crippen LogP contribution in [-0.2, 0) is 39.1 Å². The molecule has 0 bridgehead atoms. The van der Waals surface area contributed by atoms with Gasteiger partial charge in [-0.3, -0.25) is 0 Å². The summed E-state index contributed by atoms with van der Waals surface area (Å²) < 4.78 is 0. The molecule has 63 valence electrons. The van der Waals surface area contributed by atoms with E-state index in [4.69, 9.17) is 0 Å². The monoisotopic (exact) mass is 244 g/mol. The van der Waals surface area contributed by atoms with Crippen LogP contribution in [0.2, 0.25) is 0 Å². The summed E-state index contributed by atoms with van der Waals surface area (Å²) in [4.78, 5) is 0. The van der Waals surface area contributed by atoms with Gasteiger partial charge in [0.05, 0.1) is 0 Å². The van der Waals surface area contributed by atoms with E-state index < -0.39 is 0 Å². The molecule has 0 aromatic heterocycles. The van der Waals surface area contributed by atoms with Crippen molar-refractivity contribution in [1.82, 2.24) is 0 Å². The summed E-state index contributed by atoms with van der Waals surface area (Å²) in [5, 5.41) is 0. The summed E-state index contributed by atoms with van der Waals surface area (Å²) in [6.45, 7) is 2.16. The van der Waals surface area contributed by atoms with Crippen LogP contribution < -0.4 is 0 Å². The molecule has 0 heterocycles. The number of allylic oxidation sites excluding steroid dienone is 3. The molecule has 1 aliphatic carbocycles. The Bertz CT molecular complexity index is 348. The standard InChI is InChI=1S/C12H11.Y/c1-10-5-4-8-11-6-2-3-7-12(11)9-10;/h3-8H,9H2,1H3;/q-1;. The smallest absolute Gasteiger partial charge is 0 e. The molecule has 0 unspecified atom stereocenters. The van der Waals surface area contributed by atoms with Crippen LogP contribution >= 0.6 is 0 Å². The molecule has 1 radical (unpaired) electrons. The summed E-state index contributed by atoms with van der Waals surface area (Å²) in [5.74, 6) is 0. The van der Waals surface area contributed by atoms with E-state index >= 15 is 0 Å². The van der Waals surface area contributed by atoms with Gasteiger partial charge in [-0.1, -0.05) is 17.7 Å². The van der Waals surface area contributed by atoms with E-state index in [-0.39, 0.29) is 32.7 Å². The van der Waals surface area contributed by atoms with Gasteiger partial charge in [0.25, 0.3) is 0 Å². The second-order valence-electron chi connectivity index (χ2n) is 3.17. The molecule has 0 amide bonds. The molecule has 1 aliphatic rings.